The largest absolute Gasteiger partial charge is 0.339 e. The molecule has 214 valence electrons. The Kier molecular flexibility index (Phi) is 12.6. The van der Waals surface area contributed by atoms with Gasteiger partial charge < -0.3 is 14.4 Å². The Balaban J connectivity index is 1.84. The molecule has 38 heavy (non-hydrogen) atoms. The van der Waals surface area contributed by atoms with E-state index in [9.17, 15) is 4.79 Å². The van der Waals surface area contributed by atoms with Crippen molar-refractivity contribution in [3.05, 3.63) is 29.6 Å². The fourth-order valence-electron chi connectivity index (χ4n) is 5.74. The van der Waals surface area contributed by atoms with Crippen LogP contribution in [-0.2, 0) is 13.0 Å². The van der Waals surface area contributed by atoms with E-state index in [4.69, 9.17) is 4.98 Å². The lowest BCUT2D eigenvalue weighted by atomic mass is 9.97. The Bertz CT molecular complexity index is 957. The van der Waals surface area contributed by atoms with Gasteiger partial charge in [0.05, 0.1) is 11.0 Å². The van der Waals surface area contributed by atoms with Gasteiger partial charge in [-0.05, 0) is 94.1 Å². The van der Waals surface area contributed by atoms with E-state index in [0.717, 1.165) is 74.4 Å². The second-order valence-electron chi connectivity index (χ2n) is 12.5. The summed E-state index contributed by atoms with van der Waals surface area (Å²) in [5.74, 6) is 3.31. The van der Waals surface area contributed by atoms with Crippen LogP contribution in [0.2, 0.25) is 0 Å². The van der Waals surface area contributed by atoms with Crippen molar-refractivity contribution < 1.29 is 4.79 Å². The van der Waals surface area contributed by atoms with Gasteiger partial charge in [-0.15, -0.1) is 0 Å². The highest BCUT2D eigenvalue weighted by molar-refractivity contribution is 5.97. The summed E-state index contributed by atoms with van der Waals surface area (Å²) in [4.78, 5) is 23.6. The minimum absolute atomic E-state index is 0.174. The average molecular weight is 525 g/mol. The Labute approximate surface area is 233 Å². The molecular formula is C33H56N4O. The SMILES string of the molecule is CCC(CC)CCc1nc2ccc(C(=O)N(CCC(C)C)CCC(C)C)cc2n1CCCN1CCCCC1. The van der Waals surface area contributed by atoms with Crippen molar-refractivity contribution in [3.8, 4) is 0 Å². The normalized spacial score (nSPS) is 14.9. The Morgan fingerprint density at radius 3 is 2.18 bits per heavy atom. The molecule has 1 aromatic heterocycles. The van der Waals surface area contributed by atoms with Crippen LogP contribution >= 0.6 is 0 Å². The molecule has 1 aliphatic rings. The number of fused-ring (bicyclic) bond motifs is 1. The van der Waals surface area contributed by atoms with Gasteiger partial charge in [0.15, 0.2) is 0 Å². The summed E-state index contributed by atoms with van der Waals surface area (Å²) < 4.78 is 2.45. The molecule has 3 rings (SSSR count). The zero-order chi connectivity index (χ0) is 27.5. The van der Waals surface area contributed by atoms with Crippen molar-refractivity contribution in [2.45, 2.75) is 112 Å². The number of benzene rings is 1. The van der Waals surface area contributed by atoms with Crippen LogP contribution in [0.25, 0.3) is 11.0 Å². The van der Waals surface area contributed by atoms with E-state index in [2.05, 4.69) is 68.0 Å². The van der Waals surface area contributed by atoms with Crippen LogP contribution in [0, 0.1) is 17.8 Å². The number of amides is 1. The highest BCUT2D eigenvalue weighted by Gasteiger charge is 2.20. The first-order chi connectivity index (χ1) is 18.3. The number of imidazole rings is 1. The number of carbonyl (C=O) groups excluding carboxylic acids is 1. The smallest absolute Gasteiger partial charge is 0.253 e. The van der Waals surface area contributed by atoms with Crippen LogP contribution < -0.4 is 0 Å². The maximum absolute atomic E-state index is 13.7. The number of nitrogens with zero attached hydrogens (tertiary/aromatic N) is 4. The number of rotatable bonds is 16. The van der Waals surface area contributed by atoms with E-state index in [1.165, 1.54) is 57.4 Å². The first kappa shape index (κ1) is 30.7. The number of aromatic nitrogens is 2. The number of carbonyl (C=O) groups is 1. The van der Waals surface area contributed by atoms with Crippen LogP contribution in [0.3, 0.4) is 0 Å². The lowest BCUT2D eigenvalue weighted by Crippen LogP contribution is -2.34. The summed E-state index contributed by atoms with van der Waals surface area (Å²) in [7, 11) is 0. The van der Waals surface area contributed by atoms with Gasteiger partial charge in [0.1, 0.15) is 5.82 Å². The number of hydrogen-bond acceptors (Lipinski definition) is 3. The van der Waals surface area contributed by atoms with Crippen molar-refractivity contribution in [1.82, 2.24) is 19.4 Å². The molecule has 0 unspecified atom stereocenters. The Morgan fingerprint density at radius 1 is 0.921 bits per heavy atom. The van der Waals surface area contributed by atoms with Gasteiger partial charge in [0.2, 0.25) is 0 Å². The Morgan fingerprint density at radius 2 is 1.58 bits per heavy atom. The van der Waals surface area contributed by atoms with Crippen molar-refractivity contribution in [1.29, 1.82) is 0 Å². The molecule has 2 heterocycles. The van der Waals surface area contributed by atoms with Gasteiger partial charge in [0.25, 0.3) is 5.91 Å². The summed E-state index contributed by atoms with van der Waals surface area (Å²) in [5.41, 5.74) is 2.99. The predicted molar refractivity (Wildman–Crippen MR) is 162 cm³/mol. The summed E-state index contributed by atoms with van der Waals surface area (Å²) in [6.45, 7) is 19.8. The quantitative estimate of drug-likeness (QED) is 0.225. The molecule has 5 nitrogen and oxygen atoms in total. The fourth-order valence-corrected chi connectivity index (χ4v) is 5.74. The summed E-state index contributed by atoms with van der Waals surface area (Å²) in [6, 6.07) is 6.25. The van der Waals surface area contributed by atoms with Gasteiger partial charge in [-0.2, -0.15) is 0 Å². The third kappa shape index (κ3) is 9.10. The van der Waals surface area contributed by atoms with Gasteiger partial charge in [-0.1, -0.05) is 60.8 Å². The van der Waals surface area contributed by atoms with E-state index in [0.29, 0.717) is 11.8 Å². The minimum Gasteiger partial charge on any atom is -0.339 e. The lowest BCUT2D eigenvalue weighted by molar-refractivity contribution is 0.0741. The molecule has 0 N–H and O–H groups in total. The molecule has 0 spiro atoms. The number of likely N-dealkylation sites (tertiary alicyclic amines) is 1. The van der Waals surface area contributed by atoms with Crippen LogP contribution in [0.1, 0.15) is 116 Å². The molecule has 0 aliphatic carbocycles. The summed E-state index contributed by atoms with van der Waals surface area (Å²) in [5, 5.41) is 0. The van der Waals surface area contributed by atoms with E-state index >= 15 is 0 Å². The zero-order valence-electron chi connectivity index (χ0n) is 25.5. The highest BCUT2D eigenvalue weighted by atomic mass is 16.2. The van der Waals surface area contributed by atoms with E-state index in [1.807, 2.05) is 6.07 Å². The molecule has 0 bridgehead atoms. The van der Waals surface area contributed by atoms with Crippen molar-refractivity contribution in [3.63, 3.8) is 0 Å². The zero-order valence-corrected chi connectivity index (χ0v) is 25.5. The van der Waals surface area contributed by atoms with Gasteiger partial charge >= 0.3 is 0 Å². The summed E-state index contributed by atoms with van der Waals surface area (Å²) in [6.07, 6.45) is 11.9. The molecule has 5 heteroatoms. The molecule has 1 aliphatic heterocycles. The van der Waals surface area contributed by atoms with Gasteiger partial charge in [-0.25, -0.2) is 4.98 Å². The number of hydrogen-bond donors (Lipinski definition) is 0. The molecule has 0 saturated carbocycles. The van der Waals surface area contributed by atoms with Crippen LogP contribution in [-0.4, -0.2) is 58.0 Å². The second kappa shape index (κ2) is 15.6. The van der Waals surface area contributed by atoms with E-state index < -0.39 is 0 Å². The fraction of sp³-hybridized carbons (Fsp3) is 0.758. The van der Waals surface area contributed by atoms with E-state index in [-0.39, 0.29) is 5.91 Å². The molecule has 2 aromatic rings. The topological polar surface area (TPSA) is 41.4 Å². The third-order valence-corrected chi connectivity index (χ3v) is 8.55. The Hall–Kier alpha value is -1.88. The monoisotopic (exact) mass is 524 g/mol. The molecular weight excluding hydrogens is 468 g/mol. The average Bonchev–Trinajstić information content (AvgIpc) is 3.26. The molecule has 1 fully saturated rings. The number of piperidine rings is 1. The molecule has 0 atom stereocenters. The molecule has 1 amide bonds. The highest BCUT2D eigenvalue weighted by Crippen LogP contribution is 2.24. The third-order valence-electron chi connectivity index (χ3n) is 8.55. The molecule has 1 aromatic carbocycles. The van der Waals surface area contributed by atoms with Crippen molar-refractivity contribution in [2.75, 3.05) is 32.7 Å². The minimum atomic E-state index is 0.174. The molecule has 0 radical (unpaired) electrons. The number of aryl methyl sites for hydroxylation is 2. The van der Waals surface area contributed by atoms with Crippen LogP contribution in [0.15, 0.2) is 18.2 Å². The van der Waals surface area contributed by atoms with Crippen molar-refractivity contribution in [2.24, 2.45) is 17.8 Å². The first-order valence-corrected chi connectivity index (χ1v) is 15.8. The molecule has 1 saturated heterocycles. The van der Waals surface area contributed by atoms with Crippen molar-refractivity contribution >= 4 is 16.9 Å². The maximum Gasteiger partial charge on any atom is 0.253 e. The van der Waals surface area contributed by atoms with Crippen LogP contribution in [0.4, 0.5) is 0 Å². The van der Waals surface area contributed by atoms with E-state index in [1.54, 1.807) is 0 Å². The van der Waals surface area contributed by atoms with Crippen LogP contribution in [0.5, 0.6) is 0 Å². The van der Waals surface area contributed by atoms with Gasteiger partial charge in [0, 0.05) is 31.6 Å². The predicted octanol–water partition coefficient (Wildman–Crippen LogP) is 7.82. The lowest BCUT2D eigenvalue weighted by Gasteiger charge is -2.26. The maximum atomic E-state index is 13.7. The first-order valence-electron chi connectivity index (χ1n) is 15.8. The standard InChI is InChI=1S/C33H56N4O/c1-7-28(8-2)13-16-32-34-30-15-14-29(33(38)36(23-17-26(3)4)24-18-27(5)6)25-31(30)37(32)22-12-21-35-19-10-9-11-20-35/h14-15,25-28H,7-13,16-24H2,1-6H3. The van der Waals surface area contributed by atoms with Gasteiger partial charge in [-0.3, -0.25) is 4.79 Å². The summed E-state index contributed by atoms with van der Waals surface area (Å²) >= 11 is 0. The second-order valence-corrected chi connectivity index (χ2v) is 12.5.